The first kappa shape index (κ1) is 13.9. The third-order valence-corrected chi connectivity index (χ3v) is 2.75. The standard InChI is InChI=1S/C11H20N2O4/c1-3-17-10(14)7-13-5-8(11(15)16-2)4-9(12)6-13/h8-9H,3-7,12H2,1-2H3. The number of ether oxygens (including phenoxy) is 2. The summed E-state index contributed by atoms with van der Waals surface area (Å²) >= 11 is 0. The second-order valence-corrected chi connectivity index (χ2v) is 4.21. The second kappa shape index (κ2) is 6.56. The SMILES string of the molecule is CCOC(=O)CN1CC(N)CC(C(=O)OC)C1. The van der Waals surface area contributed by atoms with Crippen molar-refractivity contribution in [1.82, 2.24) is 4.90 Å². The Hall–Kier alpha value is -1.14. The van der Waals surface area contributed by atoms with Gasteiger partial charge in [0.25, 0.3) is 0 Å². The molecular weight excluding hydrogens is 224 g/mol. The third-order valence-electron chi connectivity index (χ3n) is 2.75. The quantitative estimate of drug-likeness (QED) is 0.663. The molecule has 1 fully saturated rings. The Bertz CT molecular complexity index is 283. The molecule has 1 aliphatic heterocycles. The van der Waals surface area contributed by atoms with Crippen molar-refractivity contribution in [2.45, 2.75) is 19.4 Å². The highest BCUT2D eigenvalue weighted by molar-refractivity contribution is 5.74. The zero-order valence-electron chi connectivity index (χ0n) is 10.3. The van der Waals surface area contributed by atoms with Crippen LogP contribution in [0.1, 0.15) is 13.3 Å². The number of carbonyl (C=O) groups is 2. The molecule has 0 aliphatic carbocycles. The summed E-state index contributed by atoms with van der Waals surface area (Å²) in [5.74, 6) is -0.808. The van der Waals surface area contributed by atoms with Crippen molar-refractivity contribution < 1.29 is 19.1 Å². The molecule has 0 aromatic heterocycles. The zero-order valence-corrected chi connectivity index (χ0v) is 10.3. The average molecular weight is 244 g/mol. The highest BCUT2D eigenvalue weighted by Gasteiger charge is 2.31. The largest absolute Gasteiger partial charge is 0.469 e. The minimum Gasteiger partial charge on any atom is -0.469 e. The molecular formula is C11H20N2O4. The van der Waals surface area contributed by atoms with Crippen LogP contribution >= 0.6 is 0 Å². The van der Waals surface area contributed by atoms with E-state index in [1.165, 1.54) is 7.11 Å². The molecule has 0 aromatic carbocycles. The van der Waals surface area contributed by atoms with Crippen LogP contribution in [0.25, 0.3) is 0 Å². The number of piperidine rings is 1. The maximum absolute atomic E-state index is 11.4. The van der Waals surface area contributed by atoms with Crippen molar-refractivity contribution in [3.63, 3.8) is 0 Å². The number of hydrogen-bond donors (Lipinski definition) is 1. The maximum Gasteiger partial charge on any atom is 0.320 e. The molecule has 0 radical (unpaired) electrons. The van der Waals surface area contributed by atoms with Crippen LogP contribution in [-0.4, -0.2) is 56.2 Å². The Balaban J connectivity index is 2.50. The van der Waals surface area contributed by atoms with Gasteiger partial charge < -0.3 is 15.2 Å². The molecule has 0 bridgehead atoms. The Kier molecular flexibility index (Phi) is 5.37. The van der Waals surface area contributed by atoms with Crippen LogP contribution in [0, 0.1) is 5.92 Å². The fourth-order valence-corrected chi connectivity index (χ4v) is 2.09. The fourth-order valence-electron chi connectivity index (χ4n) is 2.09. The number of nitrogens with two attached hydrogens (primary N) is 1. The van der Waals surface area contributed by atoms with E-state index in [-0.39, 0.29) is 30.4 Å². The molecule has 1 saturated heterocycles. The van der Waals surface area contributed by atoms with Gasteiger partial charge in [0, 0.05) is 19.1 Å². The van der Waals surface area contributed by atoms with Crippen molar-refractivity contribution in [3.8, 4) is 0 Å². The van der Waals surface area contributed by atoms with Gasteiger partial charge >= 0.3 is 11.9 Å². The van der Waals surface area contributed by atoms with Gasteiger partial charge in [0.15, 0.2) is 0 Å². The summed E-state index contributed by atoms with van der Waals surface area (Å²) in [4.78, 5) is 24.6. The van der Waals surface area contributed by atoms with Gasteiger partial charge in [-0.05, 0) is 13.3 Å². The molecule has 1 aliphatic rings. The Morgan fingerprint density at radius 3 is 2.71 bits per heavy atom. The van der Waals surface area contributed by atoms with Crippen LogP contribution in [0.5, 0.6) is 0 Å². The Labute approximate surface area is 101 Å². The molecule has 0 spiro atoms. The van der Waals surface area contributed by atoms with Crippen molar-refractivity contribution in [3.05, 3.63) is 0 Å². The summed E-state index contributed by atoms with van der Waals surface area (Å²) in [6.45, 7) is 3.40. The molecule has 1 rings (SSSR count). The van der Waals surface area contributed by atoms with Crippen LogP contribution in [0.15, 0.2) is 0 Å². The van der Waals surface area contributed by atoms with Crippen molar-refractivity contribution in [2.75, 3.05) is 33.4 Å². The highest BCUT2D eigenvalue weighted by Crippen LogP contribution is 2.16. The number of carbonyl (C=O) groups excluding carboxylic acids is 2. The van der Waals surface area contributed by atoms with Gasteiger partial charge in [-0.15, -0.1) is 0 Å². The molecule has 2 unspecified atom stereocenters. The molecule has 2 N–H and O–H groups in total. The summed E-state index contributed by atoms with van der Waals surface area (Å²) in [6, 6.07) is -0.109. The lowest BCUT2D eigenvalue weighted by Gasteiger charge is -2.34. The predicted octanol–water partition coefficient (Wildman–Crippen LogP) is -0.628. The molecule has 1 heterocycles. The normalized spacial score (nSPS) is 25.4. The van der Waals surface area contributed by atoms with Crippen molar-refractivity contribution >= 4 is 11.9 Å². The van der Waals surface area contributed by atoms with E-state index in [2.05, 4.69) is 0 Å². The maximum atomic E-state index is 11.4. The van der Waals surface area contributed by atoms with E-state index in [0.29, 0.717) is 26.1 Å². The van der Waals surface area contributed by atoms with Gasteiger partial charge in [-0.3, -0.25) is 14.5 Å². The van der Waals surface area contributed by atoms with E-state index in [9.17, 15) is 9.59 Å². The zero-order chi connectivity index (χ0) is 12.8. The summed E-state index contributed by atoms with van der Waals surface area (Å²) in [5, 5.41) is 0. The first-order valence-corrected chi connectivity index (χ1v) is 5.78. The number of rotatable bonds is 4. The van der Waals surface area contributed by atoms with Gasteiger partial charge in [0.1, 0.15) is 0 Å². The Morgan fingerprint density at radius 2 is 2.12 bits per heavy atom. The van der Waals surface area contributed by atoms with E-state index in [1.807, 2.05) is 4.90 Å². The number of nitrogens with zero attached hydrogens (tertiary/aromatic N) is 1. The molecule has 17 heavy (non-hydrogen) atoms. The third kappa shape index (κ3) is 4.32. The lowest BCUT2D eigenvalue weighted by atomic mass is 9.95. The molecule has 0 saturated carbocycles. The second-order valence-electron chi connectivity index (χ2n) is 4.21. The van der Waals surface area contributed by atoms with Gasteiger partial charge in [0.05, 0.1) is 26.2 Å². The van der Waals surface area contributed by atoms with Crippen molar-refractivity contribution in [1.29, 1.82) is 0 Å². The fraction of sp³-hybridized carbons (Fsp3) is 0.818. The van der Waals surface area contributed by atoms with Gasteiger partial charge in [0.2, 0.25) is 0 Å². The average Bonchev–Trinajstić information content (AvgIpc) is 2.27. The molecule has 98 valence electrons. The number of esters is 2. The first-order chi connectivity index (χ1) is 8.06. The van der Waals surface area contributed by atoms with Crippen LogP contribution in [0.4, 0.5) is 0 Å². The molecule has 6 nitrogen and oxygen atoms in total. The summed E-state index contributed by atoms with van der Waals surface area (Å²) in [5.41, 5.74) is 5.86. The Morgan fingerprint density at radius 1 is 1.41 bits per heavy atom. The van der Waals surface area contributed by atoms with E-state index in [4.69, 9.17) is 15.2 Å². The number of likely N-dealkylation sites (tertiary alicyclic amines) is 1. The monoisotopic (exact) mass is 244 g/mol. The highest BCUT2D eigenvalue weighted by atomic mass is 16.5. The molecule has 0 aromatic rings. The molecule has 2 atom stereocenters. The molecule has 0 amide bonds. The lowest BCUT2D eigenvalue weighted by Crippen LogP contribution is -2.50. The van der Waals surface area contributed by atoms with Crippen LogP contribution in [-0.2, 0) is 19.1 Å². The van der Waals surface area contributed by atoms with Gasteiger partial charge in [-0.2, -0.15) is 0 Å². The number of methoxy groups -OCH3 is 1. The van der Waals surface area contributed by atoms with E-state index in [0.717, 1.165) is 0 Å². The lowest BCUT2D eigenvalue weighted by molar-refractivity contribution is -0.151. The summed E-state index contributed by atoms with van der Waals surface area (Å²) < 4.78 is 9.57. The predicted molar refractivity (Wildman–Crippen MR) is 61.2 cm³/mol. The summed E-state index contributed by atoms with van der Waals surface area (Å²) in [7, 11) is 1.36. The van der Waals surface area contributed by atoms with E-state index >= 15 is 0 Å². The topological polar surface area (TPSA) is 81.9 Å². The van der Waals surface area contributed by atoms with E-state index < -0.39 is 0 Å². The van der Waals surface area contributed by atoms with Crippen LogP contribution < -0.4 is 5.73 Å². The smallest absolute Gasteiger partial charge is 0.320 e. The van der Waals surface area contributed by atoms with Crippen LogP contribution in [0.3, 0.4) is 0 Å². The summed E-state index contributed by atoms with van der Waals surface area (Å²) in [6.07, 6.45) is 0.603. The first-order valence-electron chi connectivity index (χ1n) is 5.78. The van der Waals surface area contributed by atoms with Gasteiger partial charge in [-0.25, -0.2) is 0 Å². The van der Waals surface area contributed by atoms with Crippen molar-refractivity contribution in [2.24, 2.45) is 11.7 Å². The van der Waals surface area contributed by atoms with Crippen LogP contribution in [0.2, 0.25) is 0 Å². The number of hydrogen-bond acceptors (Lipinski definition) is 6. The molecule has 6 heteroatoms. The van der Waals surface area contributed by atoms with Gasteiger partial charge in [-0.1, -0.05) is 0 Å². The minimum absolute atomic E-state index is 0.109. The van der Waals surface area contributed by atoms with E-state index in [1.54, 1.807) is 6.92 Å². The minimum atomic E-state index is -0.287.